The Morgan fingerprint density at radius 3 is 2.44 bits per heavy atom. The van der Waals surface area contributed by atoms with Gasteiger partial charge in [-0.05, 0) is 87.4 Å². The highest BCUT2D eigenvalue weighted by atomic mass is 16.3. The molecule has 2 heteroatoms. The maximum absolute atomic E-state index is 10.3. The first kappa shape index (κ1) is 18.3. The molecule has 0 amide bonds. The van der Waals surface area contributed by atoms with E-state index in [-0.39, 0.29) is 6.10 Å². The Hall–Kier alpha value is -0.760. The summed E-state index contributed by atoms with van der Waals surface area (Å²) in [4.78, 5) is 2.77. The maximum atomic E-state index is 10.3. The molecule has 5 rings (SSSR count). The first-order chi connectivity index (χ1) is 12.8. The van der Waals surface area contributed by atoms with Crippen molar-refractivity contribution in [2.24, 2.45) is 34.5 Å². The van der Waals surface area contributed by atoms with Gasteiger partial charge in [-0.3, -0.25) is 0 Å². The zero-order chi connectivity index (χ0) is 19.0. The molecule has 7 atom stereocenters. The van der Waals surface area contributed by atoms with Crippen LogP contribution in [-0.2, 0) is 0 Å². The first-order valence-electron chi connectivity index (χ1n) is 11.7. The van der Waals surface area contributed by atoms with Crippen molar-refractivity contribution in [2.75, 3.05) is 13.1 Å². The second-order valence-electron chi connectivity index (χ2n) is 11.1. The molecule has 150 valence electrons. The smallest absolute Gasteiger partial charge is 0.0577 e. The summed E-state index contributed by atoms with van der Waals surface area (Å²) < 4.78 is 0. The van der Waals surface area contributed by atoms with Crippen LogP contribution in [0.2, 0.25) is 0 Å². The first-order valence-corrected chi connectivity index (χ1v) is 11.7. The lowest BCUT2D eigenvalue weighted by Crippen LogP contribution is -2.53. The Labute approximate surface area is 166 Å². The summed E-state index contributed by atoms with van der Waals surface area (Å²) in [5.41, 5.74) is 5.81. The monoisotopic (exact) mass is 369 g/mol. The summed E-state index contributed by atoms with van der Waals surface area (Å²) >= 11 is 0. The second-order valence-corrected chi connectivity index (χ2v) is 11.1. The van der Waals surface area contributed by atoms with E-state index in [0.717, 1.165) is 30.6 Å². The van der Waals surface area contributed by atoms with Crippen LogP contribution in [-0.4, -0.2) is 29.2 Å². The van der Waals surface area contributed by atoms with E-state index >= 15 is 0 Å². The highest BCUT2D eigenvalue weighted by molar-refractivity contribution is 5.34. The summed E-state index contributed by atoms with van der Waals surface area (Å²) in [5.74, 6) is 3.13. The molecule has 0 aromatic heterocycles. The molecule has 0 aromatic carbocycles. The molecule has 0 unspecified atom stereocenters. The van der Waals surface area contributed by atoms with Crippen molar-refractivity contribution in [2.45, 2.75) is 85.2 Å². The van der Waals surface area contributed by atoms with Crippen molar-refractivity contribution in [3.63, 3.8) is 0 Å². The predicted octanol–water partition coefficient (Wildman–Crippen LogP) is 5.54. The van der Waals surface area contributed by atoms with Crippen LogP contribution in [0.25, 0.3) is 0 Å². The normalized spacial score (nSPS) is 49.6. The largest absolute Gasteiger partial charge is 0.393 e. The van der Waals surface area contributed by atoms with Crippen molar-refractivity contribution in [3.05, 3.63) is 22.9 Å². The quantitative estimate of drug-likeness (QED) is 0.614. The zero-order valence-electron chi connectivity index (χ0n) is 17.9. The minimum Gasteiger partial charge on any atom is -0.393 e. The fourth-order valence-electron chi connectivity index (χ4n) is 8.48. The van der Waals surface area contributed by atoms with Crippen LogP contribution < -0.4 is 0 Å². The molecule has 3 fully saturated rings. The minimum absolute atomic E-state index is 0.0981. The van der Waals surface area contributed by atoms with Crippen molar-refractivity contribution >= 4 is 0 Å². The Bertz CT molecular complexity index is 686. The topological polar surface area (TPSA) is 23.5 Å². The number of hydrogen-bond donors (Lipinski definition) is 1. The van der Waals surface area contributed by atoms with Gasteiger partial charge in [-0.2, -0.15) is 0 Å². The van der Waals surface area contributed by atoms with Crippen LogP contribution in [0.4, 0.5) is 0 Å². The van der Waals surface area contributed by atoms with Gasteiger partial charge in [0.25, 0.3) is 0 Å². The molecule has 1 aliphatic heterocycles. The summed E-state index contributed by atoms with van der Waals surface area (Å²) in [6.07, 6.45) is 12.5. The summed E-state index contributed by atoms with van der Waals surface area (Å²) in [5, 5.41) is 10.3. The van der Waals surface area contributed by atoms with E-state index < -0.39 is 0 Å². The predicted molar refractivity (Wildman–Crippen MR) is 111 cm³/mol. The van der Waals surface area contributed by atoms with Crippen molar-refractivity contribution in [1.82, 2.24) is 4.90 Å². The van der Waals surface area contributed by atoms with E-state index in [1.807, 2.05) is 0 Å². The van der Waals surface area contributed by atoms with Crippen LogP contribution in [0.15, 0.2) is 22.9 Å². The van der Waals surface area contributed by atoms with Crippen LogP contribution >= 0.6 is 0 Å². The van der Waals surface area contributed by atoms with Gasteiger partial charge in [0.15, 0.2) is 0 Å². The minimum atomic E-state index is -0.0981. The maximum Gasteiger partial charge on any atom is 0.0577 e. The number of aliphatic hydroxyl groups is 1. The van der Waals surface area contributed by atoms with Crippen molar-refractivity contribution < 1.29 is 5.11 Å². The molecule has 1 saturated heterocycles. The molecular formula is C25H39NO. The third kappa shape index (κ3) is 2.47. The van der Waals surface area contributed by atoms with Gasteiger partial charge in [-0.15, -0.1) is 0 Å². The molecule has 0 bridgehead atoms. The average molecular weight is 370 g/mol. The Morgan fingerprint density at radius 2 is 1.70 bits per heavy atom. The van der Waals surface area contributed by atoms with Gasteiger partial charge in [-0.25, -0.2) is 0 Å². The number of nitrogens with zero attached hydrogens (tertiary/aromatic N) is 1. The number of allylic oxidation sites excluding steroid dienone is 3. The molecule has 0 aromatic rings. The lowest BCUT2D eigenvalue weighted by molar-refractivity contribution is -0.0533. The van der Waals surface area contributed by atoms with Gasteiger partial charge in [0.1, 0.15) is 0 Å². The van der Waals surface area contributed by atoms with E-state index in [1.54, 1.807) is 16.8 Å². The van der Waals surface area contributed by atoms with Crippen LogP contribution in [0.5, 0.6) is 0 Å². The number of rotatable bonds is 1. The van der Waals surface area contributed by atoms with E-state index in [1.165, 1.54) is 51.6 Å². The van der Waals surface area contributed by atoms with Crippen LogP contribution in [0, 0.1) is 34.5 Å². The Kier molecular flexibility index (Phi) is 4.14. The molecule has 4 aliphatic carbocycles. The third-order valence-corrected chi connectivity index (χ3v) is 9.69. The highest BCUT2D eigenvalue weighted by Gasteiger charge is 2.59. The zero-order valence-corrected chi connectivity index (χ0v) is 17.9. The highest BCUT2D eigenvalue weighted by Crippen LogP contribution is 2.67. The average Bonchev–Trinajstić information content (AvgIpc) is 3.21. The molecule has 5 aliphatic rings. The van der Waals surface area contributed by atoms with Gasteiger partial charge >= 0.3 is 0 Å². The van der Waals surface area contributed by atoms with E-state index in [0.29, 0.717) is 16.7 Å². The Morgan fingerprint density at radius 1 is 1.00 bits per heavy atom. The van der Waals surface area contributed by atoms with Crippen LogP contribution in [0.3, 0.4) is 0 Å². The van der Waals surface area contributed by atoms with E-state index in [9.17, 15) is 5.11 Å². The number of aliphatic hydroxyl groups excluding tert-OH is 1. The molecule has 1 N–H and O–H groups in total. The molecule has 0 radical (unpaired) electrons. The van der Waals surface area contributed by atoms with Gasteiger partial charge in [0.05, 0.1) is 6.10 Å². The van der Waals surface area contributed by atoms with Crippen LogP contribution in [0.1, 0.15) is 79.1 Å². The number of hydrogen-bond acceptors (Lipinski definition) is 2. The molecule has 2 nitrogen and oxygen atoms in total. The summed E-state index contributed by atoms with van der Waals surface area (Å²) in [6, 6.07) is 0. The summed E-state index contributed by atoms with van der Waals surface area (Å²) in [6.45, 7) is 12.7. The SMILES string of the molecule is CC1=C(N2CCCC2)[C@@]2(C)CC[C@H]3[C@@H]([C@@H](C)C=C4C[C@@H](O)CC[C@@]43C)[C@@H]2C1. The van der Waals surface area contributed by atoms with Crippen molar-refractivity contribution in [1.29, 1.82) is 0 Å². The fourth-order valence-corrected chi connectivity index (χ4v) is 8.48. The molecule has 27 heavy (non-hydrogen) atoms. The number of likely N-dealkylation sites (tertiary alicyclic amines) is 1. The van der Waals surface area contributed by atoms with Crippen molar-refractivity contribution in [3.8, 4) is 0 Å². The van der Waals surface area contributed by atoms with Gasteiger partial charge in [-0.1, -0.05) is 38.0 Å². The van der Waals surface area contributed by atoms with Gasteiger partial charge in [0, 0.05) is 24.2 Å². The fraction of sp³-hybridized carbons (Fsp3) is 0.840. The molecule has 2 saturated carbocycles. The van der Waals surface area contributed by atoms with E-state index in [2.05, 4.69) is 38.7 Å². The van der Waals surface area contributed by atoms with Gasteiger partial charge in [0.2, 0.25) is 0 Å². The molecule has 0 spiro atoms. The second kappa shape index (κ2) is 6.12. The Balaban J connectivity index is 1.51. The summed E-state index contributed by atoms with van der Waals surface area (Å²) in [7, 11) is 0. The van der Waals surface area contributed by atoms with Gasteiger partial charge < -0.3 is 10.0 Å². The lowest BCUT2D eigenvalue weighted by Gasteiger charge is -2.59. The standard InChI is InChI=1S/C25H39NO/c1-16-13-18-15-19(27)7-9-24(18,3)20-8-10-25(4)21(22(16)20)14-17(2)23(25)26-11-5-6-12-26/h13,16,19-22,27H,5-12,14-15H2,1-4H3/t16-,19-,20-,21-,22+,24-,25-/m0/s1. The molecular weight excluding hydrogens is 330 g/mol. The number of fused-ring (bicyclic) bond motifs is 5. The van der Waals surface area contributed by atoms with E-state index in [4.69, 9.17) is 0 Å². The third-order valence-electron chi connectivity index (χ3n) is 9.69. The molecule has 1 heterocycles. The lowest BCUT2D eigenvalue weighted by atomic mass is 9.46.